The van der Waals surface area contributed by atoms with Crippen molar-refractivity contribution in [2.75, 3.05) is 0 Å². The van der Waals surface area contributed by atoms with Crippen molar-refractivity contribution in [2.45, 2.75) is 37.5 Å². The van der Waals surface area contributed by atoms with Gasteiger partial charge in [0.15, 0.2) is 17.5 Å². The van der Waals surface area contributed by atoms with E-state index >= 15 is 0 Å². The summed E-state index contributed by atoms with van der Waals surface area (Å²) in [6, 6.07) is 44.2. The maximum absolute atomic E-state index is 9.72. The smallest absolute Gasteiger partial charge is 0.164 e. The van der Waals surface area contributed by atoms with Gasteiger partial charge in [0, 0.05) is 22.1 Å². The monoisotopic (exact) mass is 566 g/mol. The van der Waals surface area contributed by atoms with Gasteiger partial charge in [-0.2, -0.15) is 5.26 Å². The van der Waals surface area contributed by atoms with Crippen molar-refractivity contribution >= 4 is 0 Å². The zero-order valence-electron chi connectivity index (χ0n) is 24.4. The zero-order chi connectivity index (χ0) is 29.5. The van der Waals surface area contributed by atoms with Crippen LogP contribution in [0.2, 0.25) is 0 Å². The maximum atomic E-state index is 9.72. The molecule has 0 atom stereocenters. The molecule has 2 aliphatic rings. The first-order chi connectivity index (χ1) is 21.7. The van der Waals surface area contributed by atoms with Gasteiger partial charge in [-0.3, -0.25) is 0 Å². The third kappa shape index (κ3) is 4.32. The molecule has 0 unspecified atom stereocenters. The molecular weight excluding hydrogens is 536 g/mol. The average molecular weight is 567 g/mol. The van der Waals surface area contributed by atoms with Gasteiger partial charge in [0.1, 0.15) is 0 Å². The molecule has 0 aliphatic heterocycles. The van der Waals surface area contributed by atoms with Gasteiger partial charge in [-0.05, 0) is 58.4 Å². The van der Waals surface area contributed by atoms with Gasteiger partial charge in [0.05, 0.1) is 11.6 Å². The third-order valence-corrected chi connectivity index (χ3v) is 9.36. The lowest BCUT2D eigenvalue weighted by molar-refractivity contribution is 0.353. The molecular formula is C40H30N4. The van der Waals surface area contributed by atoms with Crippen molar-refractivity contribution < 1.29 is 0 Å². The molecule has 0 bridgehead atoms. The summed E-state index contributed by atoms with van der Waals surface area (Å²) in [6.07, 6.45) is 5.91. The van der Waals surface area contributed by atoms with Gasteiger partial charge in [0.2, 0.25) is 0 Å². The number of aromatic nitrogens is 3. The lowest BCUT2D eigenvalue weighted by atomic mass is 9.66. The molecule has 0 radical (unpaired) electrons. The van der Waals surface area contributed by atoms with Crippen molar-refractivity contribution in [1.29, 1.82) is 5.26 Å². The Labute approximate surface area is 257 Å². The van der Waals surface area contributed by atoms with Gasteiger partial charge in [-0.25, -0.2) is 15.0 Å². The van der Waals surface area contributed by atoms with Crippen LogP contribution >= 0.6 is 0 Å². The van der Waals surface area contributed by atoms with Crippen molar-refractivity contribution in [2.24, 2.45) is 0 Å². The summed E-state index contributed by atoms with van der Waals surface area (Å²) < 4.78 is 0. The highest BCUT2D eigenvalue weighted by molar-refractivity contribution is 5.89. The highest BCUT2D eigenvalue weighted by Gasteiger charge is 2.45. The number of benzene rings is 5. The first-order valence-electron chi connectivity index (χ1n) is 15.4. The van der Waals surface area contributed by atoms with Gasteiger partial charge < -0.3 is 0 Å². The number of fused-ring (bicyclic) bond motifs is 5. The van der Waals surface area contributed by atoms with Crippen LogP contribution in [0.25, 0.3) is 56.4 Å². The van der Waals surface area contributed by atoms with Crippen LogP contribution in [0.3, 0.4) is 0 Å². The second-order valence-corrected chi connectivity index (χ2v) is 11.9. The van der Waals surface area contributed by atoms with Crippen LogP contribution in [0.15, 0.2) is 121 Å². The number of hydrogen-bond acceptors (Lipinski definition) is 4. The van der Waals surface area contributed by atoms with Gasteiger partial charge in [-0.15, -0.1) is 0 Å². The highest BCUT2D eigenvalue weighted by Crippen LogP contribution is 2.58. The van der Waals surface area contributed by atoms with E-state index in [2.05, 4.69) is 60.7 Å². The number of nitrogens with zero attached hydrogens (tertiary/aromatic N) is 4. The predicted molar refractivity (Wildman–Crippen MR) is 176 cm³/mol. The molecule has 0 N–H and O–H groups in total. The van der Waals surface area contributed by atoms with E-state index in [0.29, 0.717) is 17.5 Å². The molecule has 1 heterocycles. The Kier molecular flexibility index (Phi) is 6.38. The fourth-order valence-electron chi connectivity index (χ4n) is 7.32. The molecule has 44 heavy (non-hydrogen) atoms. The van der Waals surface area contributed by atoms with E-state index in [4.69, 9.17) is 15.0 Å². The van der Waals surface area contributed by atoms with Crippen molar-refractivity contribution in [3.63, 3.8) is 0 Å². The molecule has 2 aliphatic carbocycles. The minimum Gasteiger partial charge on any atom is -0.208 e. The molecule has 1 aromatic heterocycles. The van der Waals surface area contributed by atoms with E-state index in [1.165, 1.54) is 52.6 Å². The van der Waals surface area contributed by atoms with Crippen molar-refractivity contribution in [3.8, 4) is 62.5 Å². The number of nitriles is 1. The molecule has 1 saturated carbocycles. The van der Waals surface area contributed by atoms with E-state index < -0.39 is 0 Å². The Hall–Kier alpha value is -5.40. The topological polar surface area (TPSA) is 62.5 Å². The van der Waals surface area contributed by atoms with E-state index in [1.807, 2.05) is 66.7 Å². The van der Waals surface area contributed by atoms with Crippen molar-refractivity contribution in [1.82, 2.24) is 15.0 Å². The minimum atomic E-state index is -0.0472. The molecule has 210 valence electrons. The Morgan fingerprint density at radius 2 is 1.05 bits per heavy atom. The molecule has 4 heteroatoms. The third-order valence-electron chi connectivity index (χ3n) is 9.36. The highest BCUT2D eigenvalue weighted by atomic mass is 15.0. The Bertz CT molecular complexity index is 1980. The van der Waals surface area contributed by atoms with Crippen LogP contribution in [-0.2, 0) is 5.41 Å². The summed E-state index contributed by atoms with van der Waals surface area (Å²) in [4.78, 5) is 14.7. The normalized spacial score (nSPS) is 14.5. The molecule has 5 aromatic carbocycles. The van der Waals surface area contributed by atoms with Crippen LogP contribution in [-0.4, -0.2) is 15.0 Å². The molecule has 1 fully saturated rings. The second kappa shape index (κ2) is 10.7. The second-order valence-electron chi connectivity index (χ2n) is 11.9. The van der Waals surface area contributed by atoms with Crippen LogP contribution in [0.4, 0.5) is 0 Å². The Morgan fingerprint density at radius 1 is 0.500 bits per heavy atom. The first kappa shape index (κ1) is 26.2. The van der Waals surface area contributed by atoms with Gasteiger partial charge in [-0.1, -0.05) is 128 Å². The summed E-state index contributed by atoms with van der Waals surface area (Å²) in [5.74, 6) is 1.98. The van der Waals surface area contributed by atoms with Crippen LogP contribution in [0, 0.1) is 11.3 Å². The van der Waals surface area contributed by atoms with E-state index in [9.17, 15) is 5.26 Å². The van der Waals surface area contributed by atoms with Crippen molar-refractivity contribution in [3.05, 3.63) is 138 Å². The largest absolute Gasteiger partial charge is 0.208 e. The summed E-state index contributed by atoms with van der Waals surface area (Å²) in [6.45, 7) is 0. The summed E-state index contributed by atoms with van der Waals surface area (Å²) in [5.41, 5.74) is 11.4. The zero-order valence-corrected chi connectivity index (χ0v) is 24.4. The van der Waals surface area contributed by atoms with E-state index in [0.717, 1.165) is 35.1 Å². The quantitative estimate of drug-likeness (QED) is 0.213. The number of hydrogen-bond donors (Lipinski definition) is 0. The SMILES string of the molecule is N#Cc1ccc2c(c1)C1(CCCCC1)c1c(-c3ccc(-c4nc(-c5ccccc5)nc(-c5ccccc5)n4)cc3)cccc1-2. The summed E-state index contributed by atoms with van der Waals surface area (Å²) >= 11 is 0. The number of rotatable bonds is 4. The van der Waals surface area contributed by atoms with E-state index in [-0.39, 0.29) is 5.41 Å². The van der Waals surface area contributed by atoms with E-state index in [1.54, 1.807) is 0 Å². The molecule has 0 saturated heterocycles. The predicted octanol–water partition coefficient (Wildman–Crippen LogP) is 9.64. The maximum Gasteiger partial charge on any atom is 0.164 e. The summed E-state index contributed by atoms with van der Waals surface area (Å²) in [7, 11) is 0. The molecule has 8 rings (SSSR count). The average Bonchev–Trinajstić information content (AvgIpc) is 3.37. The summed E-state index contributed by atoms with van der Waals surface area (Å²) in [5, 5.41) is 9.72. The Morgan fingerprint density at radius 3 is 1.64 bits per heavy atom. The molecule has 1 spiro atoms. The lowest BCUT2D eigenvalue weighted by Crippen LogP contribution is -2.28. The molecule has 4 nitrogen and oxygen atoms in total. The Balaban J connectivity index is 1.24. The van der Waals surface area contributed by atoms with Crippen LogP contribution in [0.1, 0.15) is 48.8 Å². The first-order valence-corrected chi connectivity index (χ1v) is 15.4. The fraction of sp³-hybridized carbons (Fsp3) is 0.150. The molecule has 0 amide bonds. The lowest BCUT2D eigenvalue weighted by Gasteiger charge is -2.37. The molecule has 6 aromatic rings. The van der Waals surface area contributed by atoms with Crippen LogP contribution < -0.4 is 0 Å². The van der Waals surface area contributed by atoms with Gasteiger partial charge in [0.25, 0.3) is 0 Å². The fourth-order valence-corrected chi connectivity index (χ4v) is 7.32. The van der Waals surface area contributed by atoms with Gasteiger partial charge >= 0.3 is 0 Å². The standard InChI is InChI=1S/C40H30N4/c41-26-27-17-22-33-34-16-10-15-32(36(34)40(35(33)25-27)23-8-3-9-24-40)28-18-20-31(21-19-28)39-43-37(29-11-4-1-5-12-29)42-38(44-39)30-13-6-2-7-14-30/h1-2,4-7,10-22,25H,3,8-9,23-24H2. The minimum absolute atomic E-state index is 0.0472. The van der Waals surface area contributed by atoms with Crippen LogP contribution in [0.5, 0.6) is 0 Å².